The van der Waals surface area contributed by atoms with E-state index in [9.17, 15) is 9.59 Å². The van der Waals surface area contributed by atoms with Crippen molar-refractivity contribution in [3.05, 3.63) is 0 Å². The van der Waals surface area contributed by atoms with Crippen LogP contribution in [0.3, 0.4) is 0 Å². The van der Waals surface area contributed by atoms with E-state index in [-0.39, 0.29) is 24.7 Å². The van der Waals surface area contributed by atoms with Gasteiger partial charge in [-0.25, -0.2) is 4.79 Å². The number of hydrogen-bond acceptors (Lipinski definition) is 4. The van der Waals surface area contributed by atoms with Crippen molar-refractivity contribution in [2.75, 3.05) is 33.9 Å². The fourth-order valence-corrected chi connectivity index (χ4v) is 2.69. The third-order valence-electron chi connectivity index (χ3n) is 4.24. The summed E-state index contributed by atoms with van der Waals surface area (Å²) in [5.74, 6) is 0.0211. The average molecular weight is 316 g/mol. The molecule has 1 aliphatic carbocycles. The van der Waals surface area contributed by atoms with Crippen LogP contribution in [0.15, 0.2) is 0 Å². The molecule has 0 spiro atoms. The van der Waals surface area contributed by atoms with Gasteiger partial charge in [-0.1, -0.05) is 0 Å². The molecule has 1 rings (SSSR count). The Morgan fingerprint density at radius 1 is 1.18 bits per heavy atom. The smallest absolute Gasteiger partial charge is 0.407 e. The Bertz CT molecular complexity index is 356. The van der Waals surface area contributed by atoms with Gasteiger partial charge in [-0.3, -0.25) is 4.79 Å². The van der Waals surface area contributed by atoms with Crippen molar-refractivity contribution in [3.63, 3.8) is 0 Å². The number of carbonyl (C=O) groups excluding carboxylic acids is 1. The Morgan fingerprint density at radius 2 is 1.82 bits per heavy atom. The highest BCUT2D eigenvalue weighted by atomic mass is 16.5. The summed E-state index contributed by atoms with van der Waals surface area (Å²) in [5.41, 5.74) is 0. The Hall–Kier alpha value is -1.34. The number of amides is 2. The standard InChI is InChI=1S/C15H28N2O5/c1-16(9-3-10-18)14(19)8-11-22-13-6-4-12(5-7-13)17(2)15(20)21/h12-13,18H,3-11H2,1-2H3,(H,20,21). The fourth-order valence-electron chi connectivity index (χ4n) is 2.69. The molecule has 0 aromatic heterocycles. The summed E-state index contributed by atoms with van der Waals surface area (Å²) in [7, 11) is 3.33. The highest BCUT2D eigenvalue weighted by molar-refractivity contribution is 5.75. The molecule has 7 nitrogen and oxygen atoms in total. The lowest BCUT2D eigenvalue weighted by molar-refractivity contribution is -0.131. The van der Waals surface area contributed by atoms with Crippen LogP contribution in [0.1, 0.15) is 38.5 Å². The first kappa shape index (κ1) is 18.7. The average Bonchev–Trinajstić information content (AvgIpc) is 2.52. The van der Waals surface area contributed by atoms with Gasteiger partial charge in [0.05, 0.1) is 19.1 Å². The van der Waals surface area contributed by atoms with Crippen LogP contribution in [0.2, 0.25) is 0 Å². The molecule has 0 heterocycles. The van der Waals surface area contributed by atoms with Crippen LogP contribution in [0.4, 0.5) is 4.79 Å². The van der Waals surface area contributed by atoms with E-state index in [1.807, 2.05) is 0 Å². The SMILES string of the molecule is CN(CCCO)C(=O)CCOC1CCC(N(C)C(=O)O)CC1. The van der Waals surface area contributed by atoms with Crippen LogP contribution in [0.25, 0.3) is 0 Å². The number of hydrogen-bond donors (Lipinski definition) is 2. The minimum atomic E-state index is -0.888. The maximum Gasteiger partial charge on any atom is 0.407 e. The zero-order chi connectivity index (χ0) is 16.5. The molecule has 1 fully saturated rings. The Kier molecular flexibility index (Phi) is 8.19. The minimum absolute atomic E-state index is 0.0211. The molecule has 0 radical (unpaired) electrons. The second kappa shape index (κ2) is 9.63. The summed E-state index contributed by atoms with van der Waals surface area (Å²) >= 11 is 0. The highest BCUT2D eigenvalue weighted by Crippen LogP contribution is 2.24. The van der Waals surface area contributed by atoms with E-state index in [0.717, 1.165) is 25.7 Å². The summed E-state index contributed by atoms with van der Waals surface area (Å²) in [6, 6.07) is 0.0728. The van der Waals surface area contributed by atoms with Crippen LogP contribution in [-0.4, -0.2) is 78.0 Å². The van der Waals surface area contributed by atoms with E-state index in [2.05, 4.69) is 0 Å². The molecule has 0 saturated heterocycles. The van der Waals surface area contributed by atoms with Gasteiger partial charge in [0.2, 0.25) is 5.91 Å². The molecular weight excluding hydrogens is 288 g/mol. The molecule has 0 bridgehead atoms. The zero-order valence-electron chi connectivity index (χ0n) is 13.5. The van der Waals surface area contributed by atoms with Gasteiger partial charge in [-0.15, -0.1) is 0 Å². The van der Waals surface area contributed by atoms with E-state index in [4.69, 9.17) is 14.9 Å². The van der Waals surface area contributed by atoms with E-state index in [1.54, 1.807) is 19.0 Å². The molecule has 1 aliphatic rings. The molecule has 0 atom stereocenters. The van der Waals surface area contributed by atoms with Crippen molar-refractivity contribution in [2.24, 2.45) is 0 Å². The van der Waals surface area contributed by atoms with Crippen molar-refractivity contribution in [2.45, 2.75) is 50.7 Å². The third-order valence-corrected chi connectivity index (χ3v) is 4.24. The number of carbonyl (C=O) groups is 2. The van der Waals surface area contributed by atoms with Crippen LogP contribution >= 0.6 is 0 Å². The van der Waals surface area contributed by atoms with Gasteiger partial charge in [0.15, 0.2) is 0 Å². The van der Waals surface area contributed by atoms with Crippen LogP contribution < -0.4 is 0 Å². The zero-order valence-corrected chi connectivity index (χ0v) is 13.5. The normalized spacial score (nSPS) is 21.4. The van der Waals surface area contributed by atoms with Gasteiger partial charge < -0.3 is 24.7 Å². The predicted octanol–water partition coefficient (Wildman–Crippen LogP) is 1.15. The molecule has 2 amide bonds. The van der Waals surface area contributed by atoms with E-state index in [1.165, 1.54) is 4.90 Å². The second-order valence-electron chi connectivity index (χ2n) is 5.84. The maximum atomic E-state index is 11.8. The topological polar surface area (TPSA) is 90.3 Å². The summed E-state index contributed by atoms with van der Waals surface area (Å²) in [4.78, 5) is 25.7. The molecule has 128 valence electrons. The highest BCUT2D eigenvalue weighted by Gasteiger charge is 2.26. The van der Waals surface area contributed by atoms with Gasteiger partial charge >= 0.3 is 6.09 Å². The third kappa shape index (κ3) is 6.19. The van der Waals surface area contributed by atoms with Crippen LogP contribution in [-0.2, 0) is 9.53 Å². The number of rotatable bonds is 8. The second-order valence-corrected chi connectivity index (χ2v) is 5.84. The molecular formula is C15H28N2O5. The van der Waals surface area contributed by atoms with Crippen molar-refractivity contribution in [3.8, 4) is 0 Å². The first-order valence-electron chi connectivity index (χ1n) is 7.88. The molecule has 7 heteroatoms. The fraction of sp³-hybridized carbons (Fsp3) is 0.867. The minimum Gasteiger partial charge on any atom is -0.465 e. The number of ether oxygens (including phenoxy) is 1. The Balaban J connectivity index is 2.17. The van der Waals surface area contributed by atoms with Gasteiger partial charge in [-0.2, -0.15) is 0 Å². The Labute approximate surface area is 131 Å². The summed E-state index contributed by atoms with van der Waals surface area (Å²) in [5, 5.41) is 17.7. The molecule has 0 aromatic carbocycles. The molecule has 1 saturated carbocycles. The van der Waals surface area contributed by atoms with E-state index >= 15 is 0 Å². The molecule has 22 heavy (non-hydrogen) atoms. The van der Waals surface area contributed by atoms with Gasteiger partial charge in [0, 0.05) is 33.3 Å². The lowest BCUT2D eigenvalue weighted by atomic mass is 9.92. The molecule has 0 aliphatic heterocycles. The lowest BCUT2D eigenvalue weighted by Crippen LogP contribution is -2.40. The maximum absolute atomic E-state index is 11.8. The van der Waals surface area contributed by atoms with Crippen molar-refractivity contribution < 1.29 is 24.5 Å². The number of carboxylic acid groups (broad SMARTS) is 1. The summed E-state index contributed by atoms with van der Waals surface area (Å²) < 4.78 is 5.73. The van der Waals surface area contributed by atoms with Crippen LogP contribution in [0.5, 0.6) is 0 Å². The molecule has 2 N–H and O–H groups in total. The lowest BCUT2D eigenvalue weighted by Gasteiger charge is -2.33. The Morgan fingerprint density at radius 3 is 2.36 bits per heavy atom. The quantitative estimate of drug-likeness (QED) is 0.701. The first-order valence-corrected chi connectivity index (χ1v) is 7.88. The number of aliphatic hydroxyl groups excluding tert-OH is 1. The largest absolute Gasteiger partial charge is 0.465 e. The molecule has 0 aromatic rings. The number of nitrogens with zero attached hydrogens (tertiary/aromatic N) is 2. The van der Waals surface area contributed by atoms with Gasteiger partial charge in [-0.05, 0) is 32.1 Å². The first-order chi connectivity index (χ1) is 10.5. The van der Waals surface area contributed by atoms with E-state index < -0.39 is 6.09 Å². The summed E-state index contributed by atoms with van der Waals surface area (Å²) in [6.07, 6.45) is 3.43. The van der Waals surface area contributed by atoms with E-state index in [0.29, 0.717) is 26.0 Å². The molecule has 0 unspecified atom stereocenters. The van der Waals surface area contributed by atoms with Gasteiger partial charge in [0.25, 0.3) is 0 Å². The van der Waals surface area contributed by atoms with Crippen molar-refractivity contribution >= 4 is 12.0 Å². The van der Waals surface area contributed by atoms with Crippen LogP contribution in [0, 0.1) is 0 Å². The summed E-state index contributed by atoms with van der Waals surface area (Å²) in [6.45, 7) is 1.04. The van der Waals surface area contributed by atoms with Crippen molar-refractivity contribution in [1.29, 1.82) is 0 Å². The number of aliphatic hydroxyl groups is 1. The predicted molar refractivity (Wildman–Crippen MR) is 81.7 cm³/mol. The van der Waals surface area contributed by atoms with Gasteiger partial charge in [0.1, 0.15) is 0 Å². The van der Waals surface area contributed by atoms with Crippen molar-refractivity contribution in [1.82, 2.24) is 9.80 Å². The monoisotopic (exact) mass is 316 g/mol.